The van der Waals surface area contributed by atoms with Crippen LogP contribution in [0.4, 0.5) is 23.1 Å². The normalized spacial score (nSPS) is 19.8. The van der Waals surface area contributed by atoms with Gasteiger partial charge in [0.25, 0.3) is 5.91 Å². The number of thiazole rings is 1. The molecule has 1 fully saturated rings. The number of halogens is 3. The van der Waals surface area contributed by atoms with E-state index in [9.17, 15) is 22.8 Å². The topological polar surface area (TPSA) is 284 Å². The number of dihydropyridines is 1. The molecule has 42 heavy (non-hydrogen) atoms. The summed E-state index contributed by atoms with van der Waals surface area (Å²) in [5.74, 6) is 4.19. The van der Waals surface area contributed by atoms with Gasteiger partial charge in [-0.2, -0.15) is 13.2 Å². The third kappa shape index (κ3) is 6.91. The standard InChI is InChI=1S/C19H20F3N17O2S/c20-19(21,22)18(8-29-36-24,9-30-37-25)13-6-10(3-4-27-13)14-11(7-28-35-23)31-16(42-14)33-34-17(41)39-5-1-2-12(39)15(40)32-38-26/h3-4,6,12-13,27H,1-2,5,7-9H2,(H2,26,32,40)/t12-,13?/m0/s1. The third-order valence-corrected chi connectivity index (χ3v) is 7.30. The van der Waals surface area contributed by atoms with Crippen molar-refractivity contribution in [2.24, 2.45) is 47.2 Å². The first-order chi connectivity index (χ1) is 20.1. The smallest absolute Gasteiger partial charge is 0.384 e. The summed E-state index contributed by atoms with van der Waals surface area (Å²) in [7, 11) is 0. The van der Waals surface area contributed by atoms with Crippen molar-refractivity contribution in [3.8, 4) is 0 Å². The molecule has 3 amide bonds. The van der Waals surface area contributed by atoms with Crippen molar-refractivity contribution in [3.63, 3.8) is 0 Å². The van der Waals surface area contributed by atoms with Crippen LogP contribution in [0.15, 0.2) is 54.3 Å². The van der Waals surface area contributed by atoms with E-state index in [4.69, 9.17) is 22.4 Å². The van der Waals surface area contributed by atoms with Crippen molar-refractivity contribution >= 4 is 34.0 Å². The Morgan fingerprint density at radius 2 is 1.83 bits per heavy atom. The summed E-state index contributed by atoms with van der Waals surface area (Å²) in [4.78, 5) is 37.8. The molecule has 0 spiro atoms. The van der Waals surface area contributed by atoms with Crippen molar-refractivity contribution in [3.05, 3.63) is 60.3 Å². The lowest BCUT2D eigenvalue weighted by atomic mass is 9.77. The Morgan fingerprint density at radius 1 is 1.14 bits per heavy atom. The van der Waals surface area contributed by atoms with Crippen molar-refractivity contribution in [2.75, 3.05) is 19.6 Å². The van der Waals surface area contributed by atoms with Crippen LogP contribution in [0.25, 0.3) is 36.9 Å². The highest BCUT2D eigenvalue weighted by Gasteiger charge is 2.58. The maximum Gasteiger partial charge on any atom is 0.397 e. The number of amides is 3. The Labute approximate surface area is 236 Å². The molecule has 3 N–H and O–H groups in total. The van der Waals surface area contributed by atoms with Crippen LogP contribution in [0.3, 0.4) is 0 Å². The van der Waals surface area contributed by atoms with E-state index in [1.165, 1.54) is 18.4 Å². The Morgan fingerprint density at radius 3 is 2.45 bits per heavy atom. The van der Waals surface area contributed by atoms with Gasteiger partial charge in [-0.3, -0.25) is 4.79 Å². The van der Waals surface area contributed by atoms with Crippen molar-refractivity contribution in [2.45, 2.75) is 37.6 Å². The molecule has 2 aliphatic heterocycles. The number of azide groups is 3. The molecule has 0 aliphatic carbocycles. The van der Waals surface area contributed by atoms with Gasteiger partial charge in [0.1, 0.15) is 11.5 Å². The molecular formula is C19H20F3N17O2S. The summed E-state index contributed by atoms with van der Waals surface area (Å²) in [5, 5.41) is 25.8. The first-order valence-electron chi connectivity index (χ1n) is 11.7. The van der Waals surface area contributed by atoms with Gasteiger partial charge in [-0.15, -0.1) is 5.11 Å². The molecule has 2 atom stereocenters. The second-order valence-electron chi connectivity index (χ2n) is 8.58. The Bertz CT molecular complexity index is 1440. The number of carbonyl (C=O) groups is 2. The van der Waals surface area contributed by atoms with Crippen molar-refractivity contribution in [1.29, 1.82) is 0 Å². The van der Waals surface area contributed by atoms with Gasteiger partial charge in [0, 0.05) is 34.4 Å². The van der Waals surface area contributed by atoms with Crippen LogP contribution in [0, 0.1) is 5.41 Å². The van der Waals surface area contributed by atoms with E-state index >= 15 is 0 Å². The van der Waals surface area contributed by atoms with Crippen LogP contribution in [0.5, 0.6) is 0 Å². The first kappa shape index (κ1) is 31.3. The van der Waals surface area contributed by atoms with Gasteiger partial charge in [-0.25, -0.2) is 9.78 Å². The maximum atomic E-state index is 14.4. The Balaban J connectivity index is 1.99. The molecule has 1 unspecified atom stereocenters. The molecule has 0 saturated carbocycles. The zero-order valence-electron chi connectivity index (χ0n) is 21.3. The minimum absolute atomic E-state index is 0.0974. The summed E-state index contributed by atoms with van der Waals surface area (Å²) in [6.45, 7) is -2.27. The number of nitrogens with one attached hydrogen (secondary N) is 1. The number of alkyl halides is 3. The highest BCUT2D eigenvalue weighted by molar-refractivity contribution is 7.16. The van der Waals surface area contributed by atoms with E-state index in [0.717, 1.165) is 16.2 Å². The highest BCUT2D eigenvalue weighted by atomic mass is 32.1. The molecule has 0 bridgehead atoms. The number of hydrogen-bond donors (Lipinski definition) is 2. The lowest BCUT2D eigenvalue weighted by molar-refractivity contribution is -0.222. The fourth-order valence-corrected chi connectivity index (χ4v) is 5.15. The number of allylic oxidation sites excluding steroid dienone is 2. The van der Waals surface area contributed by atoms with E-state index in [1.54, 1.807) is 0 Å². The van der Waals surface area contributed by atoms with E-state index in [0.29, 0.717) is 12.8 Å². The average Bonchev–Trinajstić information content (AvgIpc) is 3.62. The van der Waals surface area contributed by atoms with Crippen LogP contribution >= 0.6 is 11.3 Å². The SMILES string of the molecule is [N-]=[N+]=NCc1nc(N=NC(=O)N2CCC[C@H]2C(=O)N=NN)sc1C1=CC(C(CN=[N+]=[N-])(CN=[N+]=[N-])C(F)(F)F)NC=C1. The molecule has 220 valence electrons. The van der Waals surface area contributed by atoms with E-state index in [2.05, 4.69) is 60.9 Å². The van der Waals surface area contributed by atoms with Crippen molar-refractivity contribution < 1.29 is 22.8 Å². The second-order valence-corrected chi connectivity index (χ2v) is 9.56. The Hall–Kier alpha value is -5.23. The monoisotopic (exact) mass is 607 g/mol. The van der Waals surface area contributed by atoms with E-state index in [1.807, 2.05) is 0 Å². The number of rotatable bonds is 10. The van der Waals surface area contributed by atoms with Gasteiger partial charge in [0.15, 0.2) is 0 Å². The molecule has 0 aromatic carbocycles. The number of carbonyl (C=O) groups excluding carboxylic acids is 2. The zero-order valence-corrected chi connectivity index (χ0v) is 22.1. The molecule has 23 heteroatoms. The second kappa shape index (κ2) is 13.9. The molecule has 3 rings (SSSR count). The maximum absolute atomic E-state index is 14.4. The van der Waals surface area contributed by atoms with Crippen LogP contribution < -0.4 is 11.2 Å². The highest BCUT2D eigenvalue weighted by Crippen LogP contribution is 2.45. The lowest BCUT2D eigenvalue weighted by Gasteiger charge is -2.40. The lowest BCUT2D eigenvalue weighted by Crippen LogP contribution is -2.56. The third-order valence-electron chi connectivity index (χ3n) is 6.27. The fraction of sp³-hybridized carbons (Fsp3) is 0.526. The van der Waals surface area contributed by atoms with Crippen LogP contribution in [-0.2, 0) is 11.3 Å². The number of aromatic nitrogens is 1. The number of urea groups is 1. The van der Waals surface area contributed by atoms with Crippen LogP contribution in [0.1, 0.15) is 23.4 Å². The molecule has 0 radical (unpaired) electrons. The van der Waals surface area contributed by atoms with E-state index in [-0.39, 0.29) is 34.4 Å². The molecular weight excluding hydrogens is 587 g/mol. The van der Waals surface area contributed by atoms with E-state index < -0.39 is 48.7 Å². The summed E-state index contributed by atoms with van der Waals surface area (Å²) >= 11 is 0.837. The average molecular weight is 608 g/mol. The fourth-order valence-electron chi connectivity index (χ4n) is 4.25. The number of likely N-dealkylation sites (tertiary alicyclic amines) is 1. The van der Waals surface area contributed by atoms with Gasteiger partial charge in [0.05, 0.1) is 23.2 Å². The Kier molecular flexibility index (Phi) is 10.4. The van der Waals surface area contributed by atoms with Gasteiger partial charge in [-0.05, 0) is 47.3 Å². The predicted molar refractivity (Wildman–Crippen MR) is 139 cm³/mol. The quantitative estimate of drug-likeness (QED) is 0.114. The molecule has 2 aliphatic rings. The van der Waals surface area contributed by atoms with Gasteiger partial charge < -0.3 is 16.1 Å². The largest absolute Gasteiger partial charge is 0.397 e. The molecule has 1 aromatic heterocycles. The molecule has 1 saturated heterocycles. The number of hydrogen-bond acceptors (Lipinski definition) is 10. The summed E-state index contributed by atoms with van der Waals surface area (Å²) < 4.78 is 43.2. The molecule has 19 nitrogen and oxygen atoms in total. The van der Waals surface area contributed by atoms with Gasteiger partial charge >= 0.3 is 12.2 Å². The van der Waals surface area contributed by atoms with Crippen LogP contribution in [-0.4, -0.2) is 59.7 Å². The zero-order chi connectivity index (χ0) is 30.8. The number of azo groups is 1. The van der Waals surface area contributed by atoms with Crippen LogP contribution in [0.2, 0.25) is 0 Å². The first-order valence-corrected chi connectivity index (χ1v) is 12.5. The van der Waals surface area contributed by atoms with Gasteiger partial charge in [0.2, 0.25) is 5.13 Å². The summed E-state index contributed by atoms with van der Waals surface area (Å²) in [6.07, 6.45) is -0.336. The van der Waals surface area contributed by atoms with Gasteiger partial charge in [-0.1, -0.05) is 48.2 Å². The minimum atomic E-state index is -4.98. The number of nitrogens with two attached hydrogens (primary N) is 1. The summed E-state index contributed by atoms with van der Waals surface area (Å²) in [6, 6.07) is -3.34. The minimum Gasteiger partial charge on any atom is -0.384 e. The predicted octanol–water partition coefficient (Wildman–Crippen LogP) is 5.51. The number of nitrogens with zero attached hydrogens (tertiary/aromatic N) is 15. The summed E-state index contributed by atoms with van der Waals surface area (Å²) in [5.41, 5.74) is 23.7. The molecule has 1 aromatic rings. The van der Waals surface area contributed by atoms with Crippen molar-refractivity contribution in [1.82, 2.24) is 15.2 Å². The molecule has 3 heterocycles.